The first kappa shape index (κ1) is 12.2. The van der Waals surface area contributed by atoms with Crippen LogP contribution in [0.3, 0.4) is 0 Å². The molecule has 0 fully saturated rings. The topological polar surface area (TPSA) is 30.5 Å². The number of ether oxygens (including phenoxy) is 2. The van der Waals surface area contributed by atoms with Crippen LogP contribution < -0.4 is 14.8 Å². The summed E-state index contributed by atoms with van der Waals surface area (Å²) < 4.78 is 11.1. The largest absolute Gasteiger partial charge is 0.486 e. The summed E-state index contributed by atoms with van der Waals surface area (Å²) in [4.78, 5) is 0. The fourth-order valence-electron chi connectivity index (χ4n) is 1.96. The Morgan fingerprint density at radius 2 is 1.82 bits per heavy atom. The Morgan fingerprint density at radius 1 is 1.18 bits per heavy atom. The minimum absolute atomic E-state index is 0.0593. The maximum Gasteiger partial charge on any atom is 0.161 e. The summed E-state index contributed by atoms with van der Waals surface area (Å²) in [6.45, 7) is 7.91. The number of rotatable bonds is 3. The standard InChI is InChI=1S/C14H21NO2/c1-10(14(2,3)15-4)11-5-6-12-13(9-11)17-8-7-16-12/h5-6,9-10,15H,7-8H2,1-4H3. The van der Waals surface area contributed by atoms with E-state index in [1.807, 2.05) is 13.1 Å². The molecule has 1 aromatic rings. The van der Waals surface area contributed by atoms with Crippen LogP contribution >= 0.6 is 0 Å². The Hall–Kier alpha value is -1.22. The molecule has 1 N–H and O–H groups in total. The Morgan fingerprint density at radius 3 is 2.47 bits per heavy atom. The molecule has 0 radical (unpaired) electrons. The lowest BCUT2D eigenvalue weighted by atomic mass is 9.83. The smallest absolute Gasteiger partial charge is 0.161 e. The van der Waals surface area contributed by atoms with Gasteiger partial charge in [-0.2, -0.15) is 0 Å². The summed E-state index contributed by atoms with van der Waals surface area (Å²) in [6.07, 6.45) is 0. The van der Waals surface area contributed by atoms with Gasteiger partial charge in [0.1, 0.15) is 13.2 Å². The van der Waals surface area contributed by atoms with Gasteiger partial charge in [-0.3, -0.25) is 0 Å². The van der Waals surface area contributed by atoms with E-state index in [4.69, 9.17) is 9.47 Å². The van der Waals surface area contributed by atoms with E-state index in [1.54, 1.807) is 0 Å². The lowest BCUT2D eigenvalue weighted by molar-refractivity contribution is 0.171. The van der Waals surface area contributed by atoms with Crippen molar-refractivity contribution in [1.29, 1.82) is 0 Å². The normalized spacial score (nSPS) is 16.7. The van der Waals surface area contributed by atoms with Crippen LogP contribution in [-0.4, -0.2) is 25.8 Å². The van der Waals surface area contributed by atoms with Gasteiger partial charge in [0, 0.05) is 5.54 Å². The highest BCUT2D eigenvalue weighted by Crippen LogP contribution is 2.35. The summed E-state index contributed by atoms with van der Waals surface area (Å²) >= 11 is 0. The average Bonchev–Trinajstić information content (AvgIpc) is 2.37. The van der Waals surface area contributed by atoms with Crippen LogP contribution in [0.4, 0.5) is 0 Å². The Bertz CT molecular complexity index is 401. The molecule has 1 aliphatic rings. The van der Waals surface area contributed by atoms with E-state index in [1.165, 1.54) is 5.56 Å². The quantitative estimate of drug-likeness (QED) is 0.873. The van der Waals surface area contributed by atoms with Crippen molar-refractivity contribution in [3.8, 4) is 11.5 Å². The number of nitrogens with one attached hydrogen (secondary N) is 1. The zero-order valence-electron chi connectivity index (χ0n) is 11.0. The predicted molar refractivity (Wildman–Crippen MR) is 69.0 cm³/mol. The van der Waals surface area contributed by atoms with Crippen LogP contribution in [0.1, 0.15) is 32.3 Å². The summed E-state index contributed by atoms with van der Waals surface area (Å²) in [5.41, 5.74) is 1.33. The van der Waals surface area contributed by atoms with Crippen molar-refractivity contribution >= 4 is 0 Å². The molecule has 0 aliphatic carbocycles. The van der Waals surface area contributed by atoms with Gasteiger partial charge in [-0.05, 0) is 44.5 Å². The average molecular weight is 235 g/mol. The van der Waals surface area contributed by atoms with Crippen LogP contribution in [0.2, 0.25) is 0 Å². The highest BCUT2D eigenvalue weighted by Gasteiger charge is 2.26. The van der Waals surface area contributed by atoms with Crippen molar-refractivity contribution in [3.05, 3.63) is 23.8 Å². The fraction of sp³-hybridized carbons (Fsp3) is 0.571. The fourth-order valence-corrected chi connectivity index (χ4v) is 1.96. The summed E-state index contributed by atoms with van der Waals surface area (Å²) in [5.74, 6) is 2.13. The van der Waals surface area contributed by atoms with E-state index in [0.717, 1.165) is 11.5 Å². The third-order valence-corrected chi connectivity index (χ3v) is 3.79. The SMILES string of the molecule is CNC(C)(C)C(C)c1ccc2c(c1)OCCO2. The molecular formula is C14H21NO2. The molecule has 0 spiro atoms. The Kier molecular flexibility index (Phi) is 3.29. The van der Waals surface area contributed by atoms with E-state index in [2.05, 4.69) is 38.2 Å². The van der Waals surface area contributed by atoms with Gasteiger partial charge in [-0.1, -0.05) is 13.0 Å². The molecule has 0 aromatic heterocycles. The number of hydrogen-bond acceptors (Lipinski definition) is 3. The van der Waals surface area contributed by atoms with Gasteiger partial charge >= 0.3 is 0 Å². The van der Waals surface area contributed by atoms with Gasteiger partial charge in [0.15, 0.2) is 11.5 Å². The van der Waals surface area contributed by atoms with E-state index < -0.39 is 0 Å². The van der Waals surface area contributed by atoms with E-state index >= 15 is 0 Å². The second kappa shape index (κ2) is 4.57. The molecule has 3 nitrogen and oxygen atoms in total. The van der Waals surface area contributed by atoms with Gasteiger partial charge in [0.25, 0.3) is 0 Å². The predicted octanol–water partition coefficient (Wildman–Crippen LogP) is 2.56. The third kappa shape index (κ3) is 2.39. The molecule has 1 aromatic carbocycles. The first-order chi connectivity index (χ1) is 8.04. The Labute approximate surface area is 103 Å². The minimum Gasteiger partial charge on any atom is -0.486 e. The summed E-state index contributed by atoms with van der Waals surface area (Å²) in [5, 5.41) is 3.35. The monoisotopic (exact) mass is 235 g/mol. The van der Waals surface area contributed by atoms with Crippen LogP contribution in [0.15, 0.2) is 18.2 Å². The van der Waals surface area contributed by atoms with Crippen molar-refractivity contribution in [3.63, 3.8) is 0 Å². The maximum atomic E-state index is 5.62. The molecule has 0 saturated carbocycles. The second-order valence-corrected chi connectivity index (χ2v) is 5.10. The zero-order valence-corrected chi connectivity index (χ0v) is 11.0. The first-order valence-corrected chi connectivity index (χ1v) is 6.13. The van der Waals surface area contributed by atoms with Crippen LogP contribution in [0.25, 0.3) is 0 Å². The van der Waals surface area contributed by atoms with E-state index in [-0.39, 0.29) is 5.54 Å². The molecule has 17 heavy (non-hydrogen) atoms. The summed E-state index contributed by atoms with van der Waals surface area (Å²) in [7, 11) is 1.99. The maximum absolute atomic E-state index is 5.62. The van der Waals surface area contributed by atoms with Gasteiger partial charge in [0.2, 0.25) is 0 Å². The molecule has 0 bridgehead atoms. The Balaban J connectivity index is 2.28. The lowest BCUT2D eigenvalue weighted by Crippen LogP contribution is -2.41. The van der Waals surface area contributed by atoms with Gasteiger partial charge in [-0.25, -0.2) is 0 Å². The first-order valence-electron chi connectivity index (χ1n) is 6.13. The molecule has 2 rings (SSSR count). The molecule has 1 atom stereocenters. The molecule has 94 valence electrons. The van der Waals surface area contributed by atoms with Crippen LogP contribution in [0.5, 0.6) is 11.5 Å². The van der Waals surface area contributed by atoms with Crippen molar-refractivity contribution in [1.82, 2.24) is 5.32 Å². The molecule has 3 heteroatoms. The molecule has 0 saturated heterocycles. The molecular weight excluding hydrogens is 214 g/mol. The minimum atomic E-state index is 0.0593. The van der Waals surface area contributed by atoms with Crippen LogP contribution in [0, 0.1) is 0 Å². The molecule has 0 amide bonds. The molecule has 1 aliphatic heterocycles. The second-order valence-electron chi connectivity index (χ2n) is 5.10. The van der Waals surface area contributed by atoms with Crippen molar-refractivity contribution < 1.29 is 9.47 Å². The highest BCUT2D eigenvalue weighted by atomic mass is 16.6. The number of benzene rings is 1. The molecule has 1 unspecified atom stereocenters. The number of likely N-dealkylation sites (N-methyl/N-ethyl adjacent to an activating group) is 1. The number of hydrogen-bond donors (Lipinski definition) is 1. The zero-order chi connectivity index (χ0) is 12.5. The van der Waals surface area contributed by atoms with Gasteiger partial charge in [0.05, 0.1) is 0 Å². The van der Waals surface area contributed by atoms with E-state index in [9.17, 15) is 0 Å². The van der Waals surface area contributed by atoms with Gasteiger partial charge < -0.3 is 14.8 Å². The van der Waals surface area contributed by atoms with Gasteiger partial charge in [-0.15, -0.1) is 0 Å². The molecule has 1 heterocycles. The number of fused-ring (bicyclic) bond motifs is 1. The summed E-state index contributed by atoms with van der Waals surface area (Å²) in [6, 6.07) is 6.22. The van der Waals surface area contributed by atoms with Crippen molar-refractivity contribution in [2.45, 2.75) is 32.2 Å². The highest BCUT2D eigenvalue weighted by molar-refractivity contribution is 5.45. The van der Waals surface area contributed by atoms with Crippen molar-refractivity contribution in [2.75, 3.05) is 20.3 Å². The van der Waals surface area contributed by atoms with Crippen LogP contribution in [-0.2, 0) is 0 Å². The van der Waals surface area contributed by atoms with E-state index in [0.29, 0.717) is 19.1 Å². The third-order valence-electron chi connectivity index (χ3n) is 3.79. The van der Waals surface area contributed by atoms with Crippen molar-refractivity contribution in [2.24, 2.45) is 0 Å². The lowest BCUT2D eigenvalue weighted by Gasteiger charge is -2.32.